The van der Waals surface area contributed by atoms with Crippen molar-refractivity contribution in [2.45, 2.75) is 25.3 Å². The first-order chi connectivity index (χ1) is 15.0. The summed E-state index contributed by atoms with van der Waals surface area (Å²) in [5.41, 5.74) is 8.67. The summed E-state index contributed by atoms with van der Waals surface area (Å²) < 4.78 is 5.31. The average Bonchev–Trinajstić information content (AvgIpc) is 2.80. The fraction of sp³-hybridized carbons (Fsp3) is 0.375. The number of aryl methyl sites for hydroxylation is 1. The van der Waals surface area contributed by atoms with Crippen LogP contribution in [0, 0.1) is 5.41 Å². The van der Waals surface area contributed by atoms with Crippen molar-refractivity contribution in [3.8, 4) is 0 Å². The Morgan fingerprint density at radius 2 is 1.84 bits per heavy atom. The Bertz CT molecular complexity index is 989. The normalized spacial score (nSPS) is 22.8. The molecule has 3 N–H and O–H groups in total. The summed E-state index contributed by atoms with van der Waals surface area (Å²) in [6.45, 7) is 2.84. The molecule has 7 nitrogen and oxygen atoms in total. The summed E-state index contributed by atoms with van der Waals surface area (Å²) in [5, 5.41) is 16.0. The van der Waals surface area contributed by atoms with Gasteiger partial charge in [0, 0.05) is 11.6 Å². The Kier molecular flexibility index (Phi) is 7.66. The number of nitrogens with zero attached hydrogens (tertiary/aromatic N) is 2. The lowest BCUT2D eigenvalue weighted by molar-refractivity contribution is -0.139. The molecule has 1 aliphatic heterocycles. The minimum atomic E-state index is -1.16. The molecule has 2 aromatic rings. The van der Waals surface area contributed by atoms with Crippen molar-refractivity contribution < 1.29 is 19.4 Å². The largest absolute Gasteiger partial charge is 0.481 e. The van der Waals surface area contributed by atoms with Gasteiger partial charge in [-0.2, -0.15) is 5.10 Å². The van der Waals surface area contributed by atoms with Gasteiger partial charge in [0.2, 0.25) is 0 Å². The number of Topliss-reactive ketones (excluding diaryl/α,β-unsaturated/α-hetero) is 1. The number of benzene rings is 2. The molecule has 0 aromatic heterocycles. The Labute approximate surface area is 193 Å². The third kappa shape index (κ3) is 4.85. The summed E-state index contributed by atoms with van der Waals surface area (Å²) in [5.74, 6) is -1.23. The molecule has 0 radical (unpaired) electrons. The first-order valence-electron chi connectivity index (χ1n) is 10.6. The van der Waals surface area contributed by atoms with Gasteiger partial charge < -0.3 is 15.6 Å². The molecule has 2 atom stereocenters. The van der Waals surface area contributed by atoms with Crippen molar-refractivity contribution in [2.24, 2.45) is 16.3 Å². The first kappa shape index (κ1) is 23.9. The highest BCUT2D eigenvalue weighted by Crippen LogP contribution is 2.47. The standard InChI is InChI=1S/C24H27N3O4.ClH/c25-22-20-4-2-1-3-18(20)9-10-24(22,15-21(28)29)23(30)19-7-5-17(6-8-19)16-26-27-11-13-31-14-12-27;/h1-8,16,22H,9-15,25H2,(H,28,29);1H. The van der Waals surface area contributed by atoms with Crippen molar-refractivity contribution in [3.63, 3.8) is 0 Å². The number of carboxylic acids is 1. The molecule has 2 unspecified atom stereocenters. The number of fused-ring (bicyclic) bond motifs is 1. The number of carbonyl (C=O) groups excluding carboxylic acids is 1. The monoisotopic (exact) mass is 457 g/mol. The van der Waals surface area contributed by atoms with Gasteiger partial charge in [0.25, 0.3) is 0 Å². The molecule has 2 aromatic carbocycles. The number of ether oxygens (including phenoxy) is 1. The molecule has 0 saturated carbocycles. The minimum absolute atomic E-state index is 0. The lowest BCUT2D eigenvalue weighted by Gasteiger charge is -2.41. The van der Waals surface area contributed by atoms with E-state index in [0.29, 0.717) is 31.6 Å². The van der Waals surface area contributed by atoms with Crippen LogP contribution in [0.2, 0.25) is 0 Å². The van der Waals surface area contributed by atoms with Crippen LogP contribution in [0.5, 0.6) is 0 Å². The molecule has 0 amide bonds. The molecule has 0 bridgehead atoms. The van der Waals surface area contributed by atoms with Crippen LogP contribution in [0.25, 0.3) is 0 Å². The van der Waals surface area contributed by atoms with Crippen LogP contribution in [-0.4, -0.2) is 54.4 Å². The maximum absolute atomic E-state index is 13.6. The Morgan fingerprint density at radius 3 is 2.53 bits per heavy atom. The summed E-state index contributed by atoms with van der Waals surface area (Å²) in [7, 11) is 0. The van der Waals surface area contributed by atoms with E-state index in [1.807, 2.05) is 41.4 Å². The van der Waals surface area contributed by atoms with Gasteiger partial charge >= 0.3 is 5.97 Å². The van der Waals surface area contributed by atoms with E-state index in [0.717, 1.165) is 29.8 Å². The molecular weight excluding hydrogens is 430 g/mol. The van der Waals surface area contributed by atoms with Gasteiger partial charge in [0.15, 0.2) is 5.78 Å². The third-order valence-corrected chi connectivity index (χ3v) is 6.28. The second-order valence-corrected chi connectivity index (χ2v) is 8.16. The minimum Gasteiger partial charge on any atom is -0.481 e. The number of halogens is 1. The van der Waals surface area contributed by atoms with Crippen LogP contribution in [0.15, 0.2) is 53.6 Å². The maximum Gasteiger partial charge on any atom is 0.304 e. The van der Waals surface area contributed by atoms with E-state index >= 15 is 0 Å². The molecule has 170 valence electrons. The molecule has 0 spiro atoms. The number of hydrazone groups is 1. The van der Waals surface area contributed by atoms with E-state index < -0.39 is 17.4 Å². The molecule has 1 fully saturated rings. The highest BCUT2D eigenvalue weighted by Gasteiger charge is 2.48. The van der Waals surface area contributed by atoms with Gasteiger partial charge in [0.05, 0.1) is 44.4 Å². The average molecular weight is 458 g/mol. The second-order valence-electron chi connectivity index (χ2n) is 8.16. The molecule has 4 rings (SSSR count). The zero-order valence-corrected chi connectivity index (χ0v) is 18.6. The number of ketones is 1. The number of carboxylic acid groups (broad SMARTS) is 1. The van der Waals surface area contributed by atoms with E-state index in [1.165, 1.54) is 0 Å². The van der Waals surface area contributed by atoms with Crippen LogP contribution in [0.3, 0.4) is 0 Å². The molecule has 1 saturated heterocycles. The summed E-state index contributed by atoms with van der Waals surface area (Å²) in [6, 6.07) is 14.2. The Hall–Kier alpha value is -2.74. The maximum atomic E-state index is 13.6. The Balaban J connectivity index is 0.00000289. The van der Waals surface area contributed by atoms with Gasteiger partial charge in [-0.3, -0.25) is 14.6 Å². The van der Waals surface area contributed by atoms with Crippen molar-refractivity contribution in [2.75, 3.05) is 26.3 Å². The summed E-state index contributed by atoms with van der Waals surface area (Å²) in [4.78, 5) is 25.3. The van der Waals surface area contributed by atoms with Crippen LogP contribution in [-0.2, 0) is 16.0 Å². The van der Waals surface area contributed by atoms with E-state index in [9.17, 15) is 14.7 Å². The zero-order valence-electron chi connectivity index (χ0n) is 17.8. The van der Waals surface area contributed by atoms with Crippen LogP contribution >= 0.6 is 12.4 Å². The molecule has 8 heteroatoms. The number of hydrogen-bond acceptors (Lipinski definition) is 6. The van der Waals surface area contributed by atoms with Gasteiger partial charge in [0.1, 0.15) is 0 Å². The predicted octanol–water partition coefficient (Wildman–Crippen LogP) is 3.06. The molecule has 1 heterocycles. The molecule has 2 aliphatic rings. The van der Waals surface area contributed by atoms with Gasteiger partial charge in [-0.25, -0.2) is 0 Å². The van der Waals surface area contributed by atoms with Gasteiger partial charge in [-0.05, 0) is 29.5 Å². The summed E-state index contributed by atoms with van der Waals surface area (Å²) in [6.07, 6.45) is 2.51. The number of morpholine rings is 1. The Morgan fingerprint density at radius 1 is 1.16 bits per heavy atom. The van der Waals surface area contributed by atoms with E-state index in [1.54, 1.807) is 18.3 Å². The highest BCUT2D eigenvalue weighted by atomic mass is 35.5. The number of rotatable bonds is 6. The fourth-order valence-electron chi connectivity index (χ4n) is 4.50. The van der Waals surface area contributed by atoms with Gasteiger partial charge in [-0.15, -0.1) is 12.4 Å². The second kappa shape index (κ2) is 10.3. The van der Waals surface area contributed by atoms with E-state index in [4.69, 9.17) is 10.5 Å². The molecule has 1 aliphatic carbocycles. The van der Waals surface area contributed by atoms with E-state index in [2.05, 4.69) is 5.10 Å². The fourth-order valence-corrected chi connectivity index (χ4v) is 4.50. The first-order valence-corrected chi connectivity index (χ1v) is 10.6. The van der Waals surface area contributed by atoms with Crippen LogP contribution in [0.1, 0.15) is 45.9 Å². The SMILES string of the molecule is Cl.NC1c2ccccc2CCC1(CC(=O)O)C(=O)c1ccc(C=NN2CCOCC2)cc1. The third-order valence-electron chi connectivity index (χ3n) is 6.28. The van der Waals surface area contributed by atoms with Crippen LogP contribution < -0.4 is 5.73 Å². The van der Waals surface area contributed by atoms with Crippen molar-refractivity contribution in [1.29, 1.82) is 0 Å². The number of carbonyl (C=O) groups is 2. The van der Waals surface area contributed by atoms with Crippen molar-refractivity contribution in [3.05, 3.63) is 70.8 Å². The number of hydrogen-bond donors (Lipinski definition) is 2. The zero-order chi connectivity index (χ0) is 21.8. The summed E-state index contributed by atoms with van der Waals surface area (Å²) >= 11 is 0. The highest BCUT2D eigenvalue weighted by molar-refractivity contribution is 6.03. The number of nitrogens with two attached hydrogens (primary N) is 1. The predicted molar refractivity (Wildman–Crippen MR) is 124 cm³/mol. The molecular formula is C24H28ClN3O4. The quantitative estimate of drug-likeness (QED) is 0.510. The van der Waals surface area contributed by atoms with Crippen molar-refractivity contribution >= 4 is 30.4 Å². The number of aliphatic carboxylic acids is 1. The van der Waals surface area contributed by atoms with Gasteiger partial charge in [-0.1, -0.05) is 48.5 Å². The van der Waals surface area contributed by atoms with Crippen molar-refractivity contribution in [1.82, 2.24) is 5.01 Å². The lowest BCUT2D eigenvalue weighted by Crippen LogP contribution is -2.46. The lowest BCUT2D eigenvalue weighted by atomic mass is 9.63. The van der Waals surface area contributed by atoms with E-state index in [-0.39, 0.29) is 24.6 Å². The smallest absolute Gasteiger partial charge is 0.304 e. The van der Waals surface area contributed by atoms with Crippen LogP contribution in [0.4, 0.5) is 0 Å². The molecule has 32 heavy (non-hydrogen) atoms. The topological polar surface area (TPSA) is 105 Å².